The first-order chi connectivity index (χ1) is 15.6. The molecule has 0 radical (unpaired) electrons. The summed E-state index contributed by atoms with van der Waals surface area (Å²) in [6, 6.07) is 19.4. The first-order valence-corrected chi connectivity index (χ1v) is 12.0. The Morgan fingerprint density at radius 1 is 0.969 bits per heavy atom. The molecule has 3 heteroatoms. The highest BCUT2D eigenvalue weighted by Gasteiger charge is 2.47. The Morgan fingerprint density at radius 3 is 2.09 bits per heavy atom. The molecule has 0 spiro atoms. The number of nitrogens with two attached hydrogens (primary N) is 1. The van der Waals surface area contributed by atoms with E-state index in [1.807, 2.05) is 25.2 Å². The van der Waals surface area contributed by atoms with Crippen LogP contribution in [0.5, 0.6) is 0 Å². The number of aryl methyl sites for hydroxylation is 1. The summed E-state index contributed by atoms with van der Waals surface area (Å²) in [6.07, 6.45) is 12.2. The Bertz CT molecular complexity index is 845. The second-order valence-electron chi connectivity index (χ2n) is 9.53. The van der Waals surface area contributed by atoms with Gasteiger partial charge in [-0.3, -0.25) is 0 Å². The Labute approximate surface area is 193 Å². The first kappa shape index (κ1) is 24.4. The van der Waals surface area contributed by atoms with Crippen molar-refractivity contribution in [3.05, 3.63) is 95.8 Å². The number of fused-ring (bicyclic) bond motifs is 3. The fourth-order valence-corrected chi connectivity index (χ4v) is 5.28. The summed E-state index contributed by atoms with van der Waals surface area (Å²) in [7, 11) is 1.95. The van der Waals surface area contributed by atoms with Gasteiger partial charge in [0.1, 0.15) is 0 Å². The van der Waals surface area contributed by atoms with Gasteiger partial charge in [-0.25, -0.2) is 4.39 Å². The Balaban J connectivity index is 0.000000269. The number of rotatable bonds is 8. The van der Waals surface area contributed by atoms with Crippen molar-refractivity contribution >= 4 is 0 Å². The zero-order valence-electron chi connectivity index (χ0n) is 19.6. The fraction of sp³-hybridized carbons (Fsp3) is 0.448. The average Bonchev–Trinajstić information content (AvgIpc) is 2.87. The molecular weight excluding hydrogens is 395 g/mol. The van der Waals surface area contributed by atoms with E-state index in [1.54, 1.807) is 0 Å². The SMILES string of the molecule is C=CC12CCC(c3ccc(CC/C(=C/F)CN)cc3)(CC1)CC2.CNCc1ccccc1. The topological polar surface area (TPSA) is 38.0 Å². The molecule has 3 aliphatic rings. The number of halogens is 1. The van der Waals surface area contributed by atoms with Crippen molar-refractivity contribution in [3.63, 3.8) is 0 Å². The van der Waals surface area contributed by atoms with Crippen molar-refractivity contribution in [2.24, 2.45) is 11.1 Å². The molecule has 0 saturated heterocycles. The van der Waals surface area contributed by atoms with Gasteiger partial charge in [-0.05, 0) is 91.5 Å². The third-order valence-corrected chi connectivity index (χ3v) is 7.68. The van der Waals surface area contributed by atoms with Gasteiger partial charge >= 0.3 is 0 Å². The number of benzene rings is 2. The van der Waals surface area contributed by atoms with Crippen LogP contribution in [0.3, 0.4) is 0 Å². The minimum Gasteiger partial charge on any atom is -0.327 e. The van der Waals surface area contributed by atoms with Crippen molar-refractivity contribution in [2.75, 3.05) is 13.6 Å². The zero-order chi connectivity index (χ0) is 22.9. The molecule has 0 aromatic heterocycles. The van der Waals surface area contributed by atoms with Crippen molar-refractivity contribution in [3.8, 4) is 0 Å². The lowest BCUT2D eigenvalue weighted by Crippen LogP contribution is -2.43. The average molecular weight is 435 g/mol. The van der Waals surface area contributed by atoms with Gasteiger partial charge in [-0.1, -0.05) is 60.7 Å². The molecule has 2 aromatic rings. The van der Waals surface area contributed by atoms with Crippen molar-refractivity contribution in [1.29, 1.82) is 0 Å². The van der Waals surface area contributed by atoms with Gasteiger partial charge in [-0.15, -0.1) is 6.58 Å². The molecule has 32 heavy (non-hydrogen) atoms. The molecule has 0 unspecified atom stereocenters. The lowest BCUT2D eigenvalue weighted by Gasteiger charge is -2.52. The van der Waals surface area contributed by atoms with Gasteiger partial charge < -0.3 is 11.1 Å². The third-order valence-electron chi connectivity index (χ3n) is 7.68. The van der Waals surface area contributed by atoms with Gasteiger partial charge in [0.15, 0.2) is 0 Å². The maximum absolute atomic E-state index is 12.6. The summed E-state index contributed by atoms with van der Waals surface area (Å²) in [6.45, 7) is 5.34. The van der Waals surface area contributed by atoms with Crippen molar-refractivity contribution in [2.45, 2.75) is 63.3 Å². The predicted octanol–water partition coefficient (Wildman–Crippen LogP) is 6.62. The number of nitrogens with one attached hydrogen (secondary N) is 1. The lowest BCUT2D eigenvalue weighted by molar-refractivity contribution is 0.0793. The molecule has 2 nitrogen and oxygen atoms in total. The van der Waals surface area contributed by atoms with E-state index in [2.05, 4.69) is 54.4 Å². The molecule has 5 rings (SSSR count). The van der Waals surface area contributed by atoms with Crippen LogP contribution in [0, 0.1) is 5.41 Å². The smallest absolute Gasteiger partial charge is 0.0871 e. The highest BCUT2D eigenvalue weighted by molar-refractivity contribution is 5.32. The lowest BCUT2D eigenvalue weighted by atomic mass is 9.52. The van der Waals surface area contributed by atoms with Gasteiger partial charge in [0, 0.05) is 13.1 Å². The highest BCUT2D eigenvalue weighted by atomic mass is 19.1. The van der Waals surface area contributed by atoms with E-state index in [-0.39, 0.29) is 0 Å². The summed E-state index contributed by atoms with van der Waals surface area (Å²) >= 11 is 0. The molecule has 0 atom stereocenters. The van der Waals surface area contributed by atoms with E-state index >= 15 is 0 Å². The molecule has 3 aliphatic carbocycles. The van der Waals surface area contributed by atoms with Crippen LogP contribution in [0.4, 0.5) is 4.39 Å². The molecule has 0 amide bonds. The van der Waals surface area contributed by atoms with Crippen LogP contribution >= 0.6 is 0 Å². The molecule has 0 aliphatic heterocycles. The van der Waals surface area contributed by atoms with Crippen LogP contribution in [0.2, 0.25) is 0 Å². The summed E-state index contributed by atoms with van der Waals surface area (Å²) in [5.74, 6) is 0. The monoisotopic (exact) mass is 434 g/mol. The van der Waals surface area contributed by atoms with E-state index in [4.69, 9.17) is 5.73 Å². The van der Waals surface area contributed by atoms with E-state index < -0.39 is 0 Å². The van der Waals surface area contributed by atoms with Crippen LogP contribution in [0.15, 0.2) is 79.2 Å². The molecule has 0 heterocycles. The van der Waals surface area contributed by atoms with Crippen molar-refractivity contribution < 1.29 is 4.39 Å². The highest BCUT2D eigenvalue weighted by Crippen LogP contribution is 2.58. The molecule has 172 valence electrons. The maximum atomic E-state index is 12.6. The Hall–Kier alpha value is -2.23. The number of allylic oxidation sites excluding steroid dienone is 1. The second kappa shape index (κ2) is 11.6. The summed E-state index contributed by atoms with van der Waals surface area (Å²) in [5, 5.41) is 3.08. The largest absolute Gasteiger partial charge is 0.327 e. The molecular formula is C29H39FN2. The molecule has 3 N–H and O–H groups in total. The standard InChI is InChI=1S/C21H28FN.C8H11N/c1-2-20-9-12-21(13-10-20,14-11-20)19-7-5-17(6-8-19)3-4-18(15-22)16-23;1-9-7-8-5-3-2-4-6-8/h2,5-8,15H,1,3-4,9-14,16,23H2;2-6,9H,7H2,1H3/b18-15-;. The zero-order valence-corrected chi connectivity index (χ0v) is 19.6. The second-order valence-corrected chi connectivity index (χ2v) is 9.53. The third kappa shape index (κ3) is 5.96. The quantitative estimate of drug-likeness (QED) is 0.459. The first-order valence-electron chi connectivity index (χ1n) is 12.0. The van der Waals surface area contributed by atoms with E-state index in [9.17, 15) is 4.39 Å². The van der Waals surface area contributed by atoms with Crippen LogP contribution in [0.25, 0.3) is 0 Å². The summed E-state index contributed by atoms with van der Waals surface area (Å²) in [4.78, 5) is 0. The van der Waals surface area contributed by atoms with E-state index in [0.717, 1.165) is 13.0 Å². The molecule has 2 aromatic carbocycles. The van der Waals surface area contributed by atoms with Crippen LogP contribution in [0.1, 0.15) is 61.6 Å². The Morgan fingerprint density at radius 2 is 1.59 bits per heavy atom. The molecule has 3 saturated carbocycles. The maximum Gasteiger partial charge on any atom is 0.0871 e. The minimum absolute atomic E-state index is 0.308. The minimum atomic E-state index is 0.308. The van der Waals surface area contributed by atoms with Crippen LogP contribution < -0.4 is 11.1 Å². The normalized spacial score (nSPS) is 24.5. The van der Waals surface area contributed by atoms with Gasteiger partial charge in [0.25, 0.3) is 0 Å². The number of hydrogen-bond acceptors (Lipinski definition) is 2. The van der Waals surface area contributed by atoms with E-state index in [1.165, 1.54) is 55.2 Å². The molecule has 2 bridgehead atoms. The summed E-state index contributed by atoms with van der Waals surface area (Å²) < 4.78 is 12.6. The van der Waals surface area contributed by atoms with Crippen LogP contribution in [-0.2, 0) is 18.4 Å². The van der Waals surface area contributed by atoms with Gasteiger partial charge in [0.05, 0.1) is 6.33 Å². The van der Waals surface area contributed by atoms with Crippen LogP contribution in [-0.4, -0.2) is 13.6 Å². The Kier molecular flexibility index (Phi) is 8.84. The van der Waals surface area contributed by atoms with Gasteiger partial charge in [0.2, 0.25) is 0 Å². The van der Waals surface area contributed by atoms with E-state index in [0.29, 0.717) is 35.7 Å². The molecule has 3 fully saturated rings. The fourth-order valence-electron chi connectivity index (χ4n) is 5.28. The van der Waals surface area contributed by atoms with Gasteiger partial charge in [-0.2, -0.15) is 0 Å². The predicted molar refractivity (Wildman–Crippen MR) is 134 cm³/mol. The number of hydrogen-bond donors (Lipinski definition) is 2. The summed E-state index contributed by atoms with van der Waals surface area (Å²) in [5.41, 5.74) is 11.1. The van der Waals surface area contributed by atoms with Crippen molar-refractivity contribution in [1.82, 2.24) is 5.32 Å².